The molecule has 3 fully saturated rings. The lowest BCUT2D eigenvalue weighted by molar-refractivity contribution is -0.140. The first kappa shape index (κ1) is 16.1. The Bertz CT molecular complexity index is 686. The first-order valence-corrected chi connectivity index (χ1v) is 9.83. The molecule has 130 valence electrons. The minimum absolute atomic E-state index is 0.00818. The van der Waals surface area contributed by atoms with Crippen molar-refractivity contribution in [1.29, 1.82) is 0 Å². The lowest BCUT2D eigenvalue weighted by Gasteiger charge is -2.32. The topological polar surface area (TPSA) is 53.5 Å². The van der Waals surface area contributed by atoms with Crippen molar-refractivity contribution in [3.05, 3.63) is 16.1 Å². The van der Waals surface area contributed by atoms with E-state index >= 15 is 0 Å². The SMILES string of the molecule is Cc1nc(CN2CC[C@]3(C[C@H]4CC[C@H]3N4C(=O)C(C)C)C2=O)cs1. The number of carbonyl (C=O) groups is 2. The van der Waals surface area contributed by atoms with Gasteiger partial charge in [-0.3, -0.25) is 9.59 Å². The summed E-state index contributed by atoms with van der Waals surface area (Å²) in [5.74, 6) is 0.483. The van der Waals surface area contributed by atoms with E-state index in [2.05, 4.69) is 9.88 Å². The van der Waals surface area contributed by atoms with E-state index < -0.39 is 0 Å². The predicted molar refractivity (Wildman–Crippen MR) is 92.4 cm³/mol. The van der Waals surface area contributed by atoms with Gasteiger partial charge in [0.2, 0.25) is 11.8 Å². The molecule has 5 nitrogen and oxygen atoms in total. The van der Waals surface area contributed by atoms with Crippen LogP contribution in [0, 0.1) is 18.3 Å². The third kappa shape index (κ3) is 2.22. The summed E-state index contributed by atoms with van der Waals surface area (Å²) in [6.07, 6.45) is 3.79. The fraction of sp³-hybridized carbons (Fsp3) is 0.722. The molecule has 3 aliphatic rings. The van der Waals surface area contributed by atoms with Gasteiger partial charge in [-0.2, -0.15) is 0 Å². The Morgan fingerprint density at radius 2 is 2.25 bits per heavy atom. The van der Waals surface area contributed by atoms with Crippen molar-refractivity contribution in [2.75, 3.05) is 6.54 Å². The zero-order valence-electron chi connectivity index (χ0n) is 14.6. The van der Waals surface area contributed by atoms with E-state index in [1.165, 1.54) is 0 Å². The lowest BCUT2D eigenvalue weighted by Crippen LogP contribution is -2.46. The molecule has 2 amide bonds. The predicted octanol–water partition coefficient (Wildman–Crippen LogP) is 2.59. The summed E-state index contributed by atoms with van der Waals surface area (Å²) in [4.78, 5) is 34.4. The number of aryl methyl sites for hydroxylation is 1. The van der Waals surface area contributed by atoms with Crippen molar-refractivity contribution in [3.63, 3.8) is 0 Å². The summed E-state index contributed by atoms with van der Waals surface area (Å²) in [7, 11) is 0. The molecule has 3 saturated heterocycles. The van der Waals surface area contributed by atoms with Crippen molar-refractivity contribution in [2.24, 2.45) is 11.3 Å². The number of rotatable bonds is 3. The highest BCUT2D eigenvalue weighted by Gasteiger charge is 2.63. The molecular weight excluding hydrogens is 322 g/mol. The Hall–Kier alpha value is -1.43. The molecule has 24 heavy (non-hydrogen) atoms. The van der Waals surface area contributed by atoms with Gasteiger partial charge >= 0.3 is 0 Å². The van der Waals surface area contributed by atoms with Gasteiger partial charge in [0.05, 0.1) is 22.7 Å². The van der Waals surface area contributed by atoms with E-state index in [4.69, 9.17) is 0 Å². The highest BCUT2D eigenvalue weighted by atomic mass is 32.1. The molecule has 2 bridgehead atoms. The summed E-state index contributed by atoms with van der Waals surface area (Å²) >= 11 is 1.63. The molecule has 4 rings (SSSR count). The summed E-state index contributed by atoms with van der Waals surface area (Å²) in [6, 6.07) is 0.391. The van der Waals surface area contributed by atoms with Crippen LogP contribution < -0.4 is 0 Å². The smallest absolute Gasteiger partial charge is 0.231 e. The van der Waals surface area contributed by atoms with Crippen LogP contribution in [0.5, 0.6) is 0 Å². The Labute approximate surface area is 147 Å². The van der Waals surface area contributed by atoms with E-state index in [9.17, 15) is 9.59 Å². The minimum atomic E-state index is -0.321. The molecule has 4 heterocycles. The lowest BCUT2D eigenvalue weighted by atomic mass is 9.72. The van der Waals surface area contributed by atoms with Crippen LogP contribution in [0.1, 0.15) is 50.2 Å². The fourth-order valence-corrected chi connectivity index (χ4v) is 5.60. The zero-order valence-corrected chi connectivity index (χ0v) is 15.4. The number of hydrogen-bond acceptors (Lipinski definition) is 4. The first-order valence-electron chi connectivity index (χ1n) is 8.95. The quantitative estimate of drug-likeness (QED) is 0.844. The number of thiazole rings is 1. The van der Waals surface area contributed by atoms with Crippen molar-refractivity contribution >= 4 is 23.2 Å². The minimum Gasteiger partial charge on any atom is -0.336 e. The van der Waals surface area contributed by atoms with Crippen molar-refractivity contribution in [1.82, 2.24) is 14.8 Å². The van der Waals surface area contributed by atoms with Gasteiger partial charge < -0.3 is 9.80 Å². The molecule has 3 atom stereocenters. The first-order chi connectivity index (χ1) is 11.4. The molecule has 0 N–H and O–H groups in total. The van der Waals surface area contributed by atoms with Gasteiger partial charge in [0.1, 0.15) is 0 Å². The summed E-state index contributed by atoms with van der Waals surface area (Å²) in [5.41, 5.74) is 0.666. The second kappa shape index (κ2) is 5.55. The van der Waals surface area contributed by atoms with E-state index in [-0.39, 0.29) is 35.2 Å². The van der Waals surface area contributed by atoms with Gasteiger partial charge in [0, 0.05) is 29.9 Å². The Morgan fingerprint density at radius 1 is 1.46 bits per heavy atom. The molecule has 0 saturated carbocycles. The van der Waals surface area contributed by atoms with Crippen molar-refractivity contribution < 1.29 is 9.59 Å². The fourth-order valence-electron chi connectivity index (χ4n) is 5.00. The van der Waals surface area contributed by atoms with Crippen LogP contribution in [0.4, 0.5) is 0 Å². The van der Waals surface area contributed by atoms with Gasteiger partial charge in [0.25, 0.3) is 0 Å². The summed E-state index contributed by atoms with van der Waals surface area (Å²) in [6.45, 7) is 7.32. The number of hydrogen-bond donors (Lipinski definition) is 0. The van der Waals surface area contributed by atoms with Gasteiger partial charge in [-0.15, -0.1) is 11.3 Å². The molecule has 6 heteroatoms. The van der Waals surface area contributed by atoms with Crippen LogP contribution in [0.25, 0.3) is 0 Å². The maximum Gasteiger partial charge on any atom is 0.231 e. The zero-order chi connectivity index (χ0) is 17.1. The number of amides is 2. The van der Waals surface area contributed by atoms with E-state index in [0.717, 1.165) is 42.9 Å². The van der Waals surface area contributed by atoms with Gasteiger partial charge in [-0.25, -0.2) is 4.98 Å². The molecule has 1 aromatic heterocycles. The second-order valence-electron chi connectivity index (χ2n) is 7.84. The normalized spacial score (nSPS) is 31.9. The Morgan fingerprint density at radius 3 is 2.92 bits per heavy atom. The molecule has 1 spiro atoms. The standard InChI is InChI=1S/C18H25N3O2S/c1-11(2)16(22)21-14-4-5-15(21)18(8-14)6-7-20(17(18)23)9-13-10-24-12(3)19-13/h10-11,14-15H,4-9H2,1-3H3/t14-,15-,18-/m1/s1. The molecule has 0 aliphatic carbocycles. The number of nitrogens with zero attached hydrogens (tertiary/aromatic N) is 3. The van der Waals surface area contributed by atoms with Gasteiger partial charge in [-0.1, -0.05) is 13.8 Å². The summed E-state index contributed by atoms with van der Waals surface area (Å²) < 4.78 is 0. The van der Waals surface area contributed by atoms with Crippen LogP contribution in [-0.2, 0) is 16.1 Å². The van der Waals surface area contributed by atoms with Crippen LogP contribution in [-0.4, -0.2) is 45.2 Å². The molecule has 3 aliphatic heterocycles. The summed E-state index contributed by atoms with van der Waals surface area (Å²) in [5, 5.41) is 3.09. The number of likely N-dealkylation sites (tertiary alicyclic amines) is 1. The van der Waals surface area contributed by atoms with Crippen LogP contribution >= 0.6 is 11.3 Å². The molecule has 0 radical (unpaired) electrons. The number of carbonyl (C=O) groups excluding carboxylic acids is 2. The highest BCUT2D eigenvalue weighted by molar-refractivity contribution is 7.09. The second-order valence-corrected chi connectivity index (χ2v) is 8.90. The van der Waals surface area contributed by atoms with Crippen LogP contribution in [0.15, 0.2) is 5.38 Å². The average molecular weight is 347 g/mol. The maximum atomic E-state index is 13.2. The maximum absolute atomic E-state index is 13.2. The van der Waals surface area contributed by atoms with Gasteiger partial charge in [-0.05, 0) is 32.6 Å². The van der Waals surface area contributed by atoms with E-state index in [1.807, 2.05) is 31.1 Å². The van der Waals surface area contributed by atoms with Crippen LogP contribution in [0.3, 0.4) is 0 Å². The van der Waals surface area contributed by atoms with E-state index in [0.29, 0.717) is 6.54 Å². The number of fused-ring (bicyclic) bond motifs is 3. The Kier molecular flexibility index (Phi) is 3.71. The molecule has 1 aromatic rings. The van der Waals surface area contributed by atoms with E-state index in [1.54, 1.807) is 11.3 Å². The third-order valence-electron chi connectivity index (χ3n) is 6.05. The highest BCUT2D eigenvalue weighted by Crippen LogP contribution is 2.55. The average Bonchev–Trinajstić information content (AvgIpc) is 3.28. The number of aromatic nitrogens is 1. The van der Waals surface area contributed by atoms with Crippen molar-refractivity contribution in [2.45, 2.75) is 65.1 Å². The van der Waals surface area contributed by atoms with Crippen LogP contribution in [0.2, 0.25) is 0 Å². The monoisotopic (exact) mass is 347 g/mol. The molecular formula is C18H25N3O2S. The largest absolute Gasteiger partial charge is 0.336 e. The van der Waals surface area contributed by atoms with Crippen molar-refractivity contribution in [3.8, 4) is 0 Å². The Balaban J connectivity index is 1.55. The third-order valence-corrected chi connectivity index (χ3v) is 6.87. The molecule has 0 aromatic carbocycles. The molecule has 0 unspecified atom stereocenters. The van der Waals surface area contributed by atoms with Gasteiger partial charge in [0.15, 0.2) is 0 Å².